The van der Waals surface area contributed by atoms with Gasteiger partial charge in [0.25, 0.3) is 8.32 Å². The number of aliphatic hydroxyl groups is 1. The number of hydrogen-bond acceptors (Lipinski definition) is 6. The molecular formula is C33H48O6Si. The maximum atomic E-state index is 11.2. The van der Waals surface area contributed by atoms with Gasteiger partial charge < -0.3 is 28.5 Å². The predicted molar refractivity (Wildman–Crippen MR) is 161 cm³/mol. The maximum Gasteiger partial charge on any atom is 0.261 e. The lowest BCUT2D eigenvalue weighted by atomic mass is 9.76. The van der Waals surface area contributed by atoms with Crippen molar-refractivity contribution in [1.82, 2.24) is 0 Å². The molecular weight excluding hydrogens is 520 g/mol. The van der Waals surface area contributed by atoms with Crippen molar-refractivity contribution in [3.8, 4) is 0 Å². The Labute approximate surface area is 241 Å². The minimum atomic E-state index is -2.58. The van der Waals surface area contributed by atoms with E-state index >= 15 is 0 Å². The van der Waals surface area contributed by atoms with Crippen LogP contribution in [0, 0.1) is 11.8 Å². The smallest absolute Gasteiger partial charge is 0.261 e. The van der Waals surface area contributed by atoms with Crippen LogP contribution in [-0.4, -0.2) is 66.7 Å². The number of benzene rings is 2. The van der Waals surface area contributed by atoms with Gasteiger partial charge >= 0.3 is 0 Å². The molecule has 0 amide bonds. The molecule has 0 aliphatic heterocycles. The monoisotopic (exact) mass is 568 g/mol. The van der Waals surface area contributed by atoms with E-state index in [1.54, 1.807) is 14.2 Å². The minimum absolute atomic E-state index is 0.0559. The summed E-state index contributed by atoms with van der Waals surface area (Å²) in [7, 11) is 0.717. The topological polar surface area (TPSA) is 66.4 Å². The third kappa shape index (κ3) is 6.96. The fraction of sp³-hybridized carbons (Fsp3) is 0.576. The normalized spacial score (nSPS) is 23.4. The first-order chi connectivity index (χ1) is 19.3. The molecule has 4 rings (SSSR count). The summed E-state index contributed by atoms with van der Waals surface area (Å²) in [6.45, 7) is 8.74. The molecule has 1 saturated carbocycles. The highest BCUT2D eigenvalue weighted by molar-refractivity contribution is 6.99. The van der Waals surface area contributed by atoms with Gasteiger partial charge in [0, 0.05) is 20.8 Å². The van der Waals surface area contributed by atoms with Crippen molar-refractivity contribution in [2.45, 2.75) is 70.1 Å². The lowest BCUT2D eigenvalue weighted by Crippen LogP contribution is -2.66. The third-order valence-corrected chi connectivity index (χ3v) is 13.5. The molecule has 1 N–H and O–H groups in total. The van der Waals surface area contributed by atoms with Crippen molar-refractivity contribution >= 4 is 18.7 Å². The summed E-state index contributed by atoms with van der Waals surface area (Å²) in [6, 6.07) is 21.5. The second kappa shape index (κ2) is 14.4. The molecule has 0 bridgehead atoms. The average molecular weight is 569 g/mol. The van der Waals surface area contributed by atoms with E-state index in [9.17, 15) is 5.11 Å². The summed E-state index contributed by atoms with van der Waals surface area (Å²) >= 11 is 0. The number of hydrogen-bond donors (Lipinski definition) is 1. The van der Waals surface area contributed by atoms with Crippen LogP contribution in [0.5, 0.6) is 0 Å². The molecule has 40 heavy (non-hydrogen) atoms. The van der Waals surface area contributed by atoms with Crippen LogP contribution in [0.4, 0.5) is 0 Å². The van der Waals surface area contributed by atoms with Gasteiger partial charge in [-0.2, -0.15) is 0 Å². The molecule has 0 saturated heterocycles. The maximum absolute atomic E-state index is 11.2. The Morgan fingerprint density at radius 2 is 1.48 bits per heavy atom. The zero-order valence-corrected chi connectivity index (χ0v) is 25.9. The standard InChI is InChI=1S/C33H48O6Si/c1-33(2,3)40(27-13-8-6-9-14-27,28-15-10-7-11-16-28)39-18-12-17-29-30(34)21-26-19-25(22-37-23-35-4)20-31(32(26)29)38-24-36-5/h6-11,13-16,25-26,30-31,34H,12,17-24H2,1-5H3/t25?,26?,30-,31?/m0/s1. The Morgan fingerprint density at radius 3 is 2.05 bits per heavy atom. The van der Waals surface area contributed by atoms with Crippen molar-refractivity contribution in [3.63, 3.8) is 0 Å². The minimum Gasteiger partial charge on any atom is -0.407 e. The van der Waals surface area contributed by atoms with Gasteiger partial charge in [-0.05, 0) is 70.5 Å². The average Bonchev–Trinajstić information content (AvgIpc) is 3.27. The van der Waals surface area contributed by atoms with E-state index in [2.05, 4.69) is 81.4 Å². The number of ether oxygens (including phenoxy) is 4. The summed E-state index contributed by atoms with van der Waals surface area (Å²) in [5, 5.41) is 13.7. The lowest BCUT2D eigenvalue weighted by Gasteiger charge is -2.43. The van der Waals surface area contributed by atoms with Crippen LogP contribution < -0.4 is 10.4 Å². The highest BCUT2D eigenvalue weighted by Crippen LogP contribution is 2.47. The zero-order valence-electron chi connectivity index (χ0n) is 24.9. The van der Waals surface area contributed by atoms with E-state index in [-0.39, 0.29) is 17.9 Å². The fourth-order valence-corrected chi connectivity index (χ4v) is 11.5. The SMILES string of the molecule is COCOCC1CC2C[C@H](O)C(CCCO[Si](c3ccccc3)(c3ccccc3)C(C)(C)C)=C2C(OCOC)C1. The summed E-state index contributed by atoms with van der Waals surface area (Å²) in [5.74, 6) is 0.685. The van der Waals surface area contributed by atoms with Gasteiger partial charge in [-0.3, -0.25) is 0 Å². The molecule has 4 atom stereocenters. The van der Waals surface area contributed by atoms with Crippen LogP contribution in [-0.2, 0) is 23.4 Å². The van der Waals surface area contributed by atoms with Crippen molar-refractivity contribution in [1.29, 1.82) is 0 Å². The van der Waals surface area contributed by atoms with E-state index in [1.807, 2.05) is 0 Å². The number of aliphatic hydroxyl groups excluding tert-OH is 1. The number of fused-ring (bicyclic) bond motifs is 1. The van der Waals surface area contributed by atoms with E-state index < -0.39 is 14.4 Å². The van der Waals surface area contributed by atoms with Gasteiger partial charge in [-0.25, -0.2) is 0 Å². The molecule has 2 aliphatic rings. The van der Waals surface area contributed by atoms with Gasteiger partial charge in [0.05, 0.1) is 18.8 Å². The Hall–Kier alpha value is -1.84. The Kier molecular flexibility index (Phi) is 11.2. The molecule has 7 heteroatoms. The van der Waals surface area contributed by atoms with Gasteiger partial charge in [-0.1, -0.05) is 81.4 Å². The molecule has 0 spiro atoms. The van der Waals surface area contributed by atoms with E-state index in [4.69, 9.17) is 23.4 Å². The Morgan fingerprint density at radius 1 is 0.850 bits per heavy atom. The predicted octanol–water partition coefficient (Wildman–Crippen LogP) is 5.04. The van der Waals surface area contributed by atoms with Gasteiger partial charge in [-0.15, -0.1) is 0 Å². The van der Waals surface area contributed by atoms with E-state index in [1.165, 1.54) is 15.9 Å². The first kappa shape index (κ1) is 31.1. The fourth-order valence-electron chi connectivity index (χ4n) is 6.92. The molecule has 1 fully saturated rings. The molecule has 0 heterocycles. The summed E-state index contributed by atoms with van der Waals surface area (Å²) in [4.78, 5) is 0. The molecule has 220 valence electrons. The van der Waals surface area contributed by atoms with Crippen molar-refractivity contribution in [2.75, 3.05) is 41.0 Å². The first-order valence-electron chi connectivity index (χ1n) is 14.6. The van der Waals surface area contributed by atoms with Gasteiger partial charge in [0.15, 0.2) is 0 Å². The number of methoxy groups -OCH3 is 2. The molecule has 2 aliphatic carbocycles. The molecule has 3 unspecified atom stereocenters. The molecule has 2 aromatic rings. The van der Waals surface area contributed by atoms with E-state index in [0.717, 1.165) is 37.7 Å². The quantitative estimate of drug-likeness (QED) is 0.149. The van der Waals surface area contributed by atoms with Gasteiger partial charge in [0.2, 0.25) is 0 Å². The molecule has 6 nitrogen and oxygen atoms in total. The molecule has 2 aromatic carbocycles. The molecule has 0 aromatic heterocycles. The van der Waals surface area contributed by atoms with Crippen molar-refractivity contribution in [2.24, 2.45) is 11.8 Å². The van der Waals surface area contributed by atoms with Crippen LogP contribution in [0.15, 0.2) is 71.8 Å². The van der Waals surface area contributed by atoms with Crippen LogP contribution in [0.2, 0.25) is 5.04 Å². The highest BCUT2D eigenvalue weighted by atomic mass is 28.4. The molecule has 0 radical (unpaired) electrons. The Balaban J connectivity index is 1.52. The van der Waals surface area contributed by atoms with Crippen LogP contribution in [0.1, 0.15) is 52.9 Å². The van der Waals surface area contributed by atoms with Gasteiger partial charge in [0.1, 0.15) is 13.6 Å². The largest absolute Gasteiger partial charge is 0.407 e. The zero-order chi connectivity index (χ0) is 28.6. The summed E-state index contributed by atoms with van der Waals surface area (Å²) in [6.07, 6.45) is 3.81. The van der Waals surface area contributed by atoms with E-state index in [0.29, 0.717) is 31.8 Å². The lowest BCUT2D eigenvalue weighted by molar-refractivity contribution is -0.0892. The van der Waals surface area contributed by atoms with Crippen LogP contribution in [0.25, 0.3) is 0 Å². The second-order valence-corrected chi connectivity index (χ2v) is 16.5. The van der Waals surface area contributed by atoms with Crippen LogP contribution in [0.3, 0.4) is 0 Å². The third-order valence-electron chi connectivity index (χ3n) is 8.50. The summed E-state index contributed by atoms with van der Waals surface area (Å²) < 4.78 is 29.3. The first-order valence-corrected chi connectivity index (χ1v) is 16.6. The second-order valence-electron chi connectivity index (χ2n) is 12.2. The highest BCUT2D eigenvalue weighted by Gasteiger charge is 2.50. The Bertz CT molecular complexity index is 1030. The summed E-state index contributed by atoms with van der Waals surface area (Å²) in [5.41, 5.74) is 2.44. The number of rotatable bonds is 14. The van der Waals surface area contributed by atoms with Crippen molar-refractivity contribution < 1.29 is 28.5 Å². The van der Waals surface area contributed by atoms with Crippen LogP contribution >= 0.6 is 0 Å². The van der Waals surface area contributed by atoms with Crippen molar-refractivity contribution in [3.05, 3.63) is 71.8 Å².